The predicted octanol–water partition coefficient (Wildman–Crippen LogP) is 1.00. The summed E-state index contributed by atoms with van der Waals surface area (Å²) in [5.41, 5.74) is 0. The molecule has 0 aromatic rings. The summed E-state index contributed by atoms with van der Waals surface area (Å²) in [5, 5.41) is 5.65. The second kappa shape index (κ2) is 15.9. The number of carbonyl (C=O) groups is 3. The zero-order valence-corrected chi connectivity index (χ0v) is 17.1. The standard InChI is InChI=1S/C17H33N3O5S/c1-5-6-15(21)19-14(12-25-10-8-17(23)20-26-4)11-24-9-7-16(22)18-13(2)3/h13-14H,5-12H2,1-4H3,(H,18,22)(H,19,21)(H,20,23). The van der Waals surface area contributed by atoms with Crippen molar-refractivity contribution in [3.63, 3.8) is 0 Å². The van der Waals surface area contributed by atoms with Crippen LogP contribution in [0.1, 0.15) is 46.5 Å². The van der Waals surface area contributed by atoms with E-state index in [4.69, 9.17) is 9.47 Å². The summed E-state index contributed by atoms with van der Waals surface area (Å²) in [6, 6.07) is -0.217. The fourth-order valence-corrected chi connectivity index (χ4v) is 2.33. The van der Waals surface area contributed by atoms with Crippen LogP contribution < -0.4 is 15.4 Å². The normalized spacial score (nSPS) is 11.9. The molecule has 0 aromatic carbocycles. The molecular weight excluding hydrogens is 358 g/mol. The molecule has 9 heteroatoms. The maximum atomic E-state index is 11.8. The Morgan fingerprint density at radius 3 is 1.92 bits per heavy atom. The van der Waals surface area contributed by atoms with Crippen LogP contribution in [0.15, 0.2) is 0 Å². The minimum atomic E-state index is -0.314. The Morgan fingerprint density at radius 1 is 0.885 bits per heavy atom. The van der Waals surface area contributed by atoms with Gasteiger partial charge in [-0.1, -0.05) is 18.9 Å². The summed E-state index contributed by atoms with van der Waals surface area (Å²) in [4.78, 5) is 34.7. The molecule has 1 atom stereocenters. The minimum Gasteiger partial charge on any atom is -0.379 e. The smallest absolute Gasteiger partial charge is 0.232 e. The van der Waals surface area contributed by atoms with E-state index in [1.165, 1.54) is 11.9 Å². The van der Waals surface area contributed by atoms with E-state index in [-0.39, 0.29) is 69.1 Å². The zero-order valence-electron chi connectivity index (χ0n) is 16.3. The highest BCUT2D eigenvalue weighted by Gasteiger charge is 2.13. The highest BCUT2D eigenvalue weighted by Crippen LogP contribution is 1.96. The fraction of sp³-hybridized carbons (Fsp3) is 0.824. The molecule has 3 N–H and O–H groups in total. The molecule has 0 rings (SSSR count). The van der Waals surface area contributed by atoms with Crippen molar-refractivity contribution in [3.05, 3.63) is 0 Å². The molecule has 3 amide bonds. The third-order valence-electron chi connectivity index (χ3n) is 3.09. The van der Waals surface area contributed by atoms with E-state index in [1.54, 1.807) is 6.26 Å². The molecule has 1 unspecified atom stereocenters. The molecule has 0 aliphatic heterocycles. The number of nitrogens with one attached hydrogen (secondary N) is 3. The van der Waals surface area contributed by atoms with Crippen molar-refractivity contribution in [2.75, 3.05) is 32.7 Å². The molecule has 0 spiro atoms. The van der Waals surface area contributed by atoms with Gasteiger partial charge in [0.05, 0.1) is 38.9 Å². The highest BCUT2D eigenvalue weighted by molar-refractivity contribution is 7.97. The molecule has 26 heavy (non-hydrogen) atoms. The van der Waals surface area contributed by atoms with Crippen molar-refractivity contribution >= 4 is 29.7 Å². The van der Waals surface area contributed by atoms with Gasteiger partial charge in [-0.15, -0.1) is 0 Å². The van der Waals surface area contributed by atoms with Crippen LogP contribution in [-0.2, 0) is 23.9 Å². The largest absolute Gasteiger partial charge is 0.379 e. The molecule has 0 fully saturated rings. The summed E-state index contributed by atoms with van der Waals surface area (Å²) < 4.78 is 13.6. The monoisotopic (exact) mass is 391 g/mol. The lowest BCUT2D eigenvalue weighted by atomic mass is 10.2. The predicted molar refractivity (Wildman–Crippen MR) is 103 cm³/mol. The first-order valence-electron chi connectivity index (χ1n) is 8.95. The van der Waals surface area contributed by atoms with E-state index >= 15 is 0 Å². The van der Waals surface area contributed by atoms with Gasteiger partial charge in [0.15, 0.2) is 0 Å². The summed E-state index contributed by atoms with van der Waals surface area (Å²) in [5.74, 6) is -0.235. The lowest BCUT2D eigenvalue weighted by molar-refractivity contribution is -0.125. The third-order valence-corrected chi connectivity index (χ3v) is 3.52. The topological polar surface area (TPSA) is 106 Å². The molecule has 0 aliphatic rings. The van der Waals surface area contributed by atoms with Crippen molar-refractivity contribution in [1.82, 2.24) is 15.4 Å². The molecule has 0 aliphatic carbocycles. The first kappa shape index (κ1) is 24.7. The first-order valence-corrected chi connectivity index (χ1v) is 10.2. The van der Waals surface area contributed by atoms with Crippen molar-refractivity contribution in [2.24, 2.45) is 0 Å². The molecule has 8 nitrogen and oxygen atoms in total. The van der Waals surface area contributed by atoms with Crippen LogP contribution >= 0.6 is 11.9 Å². The van der Waals surface area contributed by atoms with E-state index in [0.717, 1.165) is 6.42 Å². The molecule has 0 aromatic heterocycles. The number of amides is 3. The molecule has 152 valence electrons. The van der Waals surface area contributed by atoms with E-state index in [9.17, 15) is 14.4 Å². The number of rotatable bonds is 15. The van der Waals surface area contributed by atoms with Gasteiger partial charge in [-0.2, -0.15) is 0 Å². The Kier molecular flexibility index (Phi) is 15.1. The van der Waals surface area contributed by atoms with Crippen LogP contribution in [-0.4, -0.2) is 62.5 Å². The van der Waals surface area contributed by atoms with Gasteiger partial charge < -0.3 is 24.8 Å². The molecule has 0 bridgehead atoms. The quantitative estimate of drug-likeness (QED) is 0.284. The van der Waals surface area contributed by atoms with Gasteiger partial charge in [-0.25, -0.2) is 0 Å². The van der Waals surface area contributed by atoms with E-state index < -0.39 is 0 Å². The average molecular weight is 392 g/mol. The van der Waals surface area contributed by atoms with Gasteiger partial charge in [-0.05, 0) is 20.3 Å². The SMILES string of the molecule is CCCC(=O)NC(COCCC(=O)NSC)COCCC(=O)NC(C)C. The first-order chi connectivity index (χ1) is 12.4. The third kappa shape index (κ3) is 15.0. The Labute approximate surface area is 160 Å². The van der Waals surface area contributed by atoms with Gasteiger partial charge >= 0.3 is 0 Å². The average Bonchev–Trinajstić information content (AvgIpc) is 2.55. The second-order valence-corrected chi connectivity index (χ2v) is 6.73. The number of hydrogen-bond donors (Lipinski definition) is 3. The van der Waals surface area contributed by atoms with Crippen LogP contribution in [0.4, 0.5) is 0 Å². The number of ether oxygens (including phenoxy) is 2. The minimum absolute atomic E-state index is 0.0670. The Morgan fingerprint density at radius 2 is 1.42 bits per heavy atom. The lowest BCUT2D eigenvalue weighted by Gasteiger charge is -2.19. The van der Waals surface area contributed by atoms with Crippen molar-refractivity contribution in [2.45, 2.75) is 58.5 Å². The van der Waals surface area contributed by atoms with Crippen LogP contribution in [0.25, 0.3) is 0 Å². The maximum Gasteiger partial charge on any atom is 0.232 e. The lowest BCUT2D eigenvalue weighted by Crippen LogP contribution is -2.42. The van der Waals surface area contributed by atoms with Gasteiger partial charge in [-0.3, -0.25) is 14.4 Å². The Hall–Kier alpha value is -1.32. The van der Waals surface area contributed by atoms with E-state index in [2.05, 4.69) is 15.4 Å². The molecule has 0 saturated heterocycles. The molecular formula is C17H33N3O5S. The number of hydrogen-bond acceptors (Lipinski definition) is 6. The maximum absolute atomic E-state index is 11.8. The van der Waals surface area contributed by atoms with Crippen LogP contribution in [0, 0.1) is 0 Å². The highest BCUT2D eigenvalue weighted by atomic mass is 32.2. The van der Waals surface area contributed by atoms with Crippen LogP contribution in [0.3, 0.4) is 0 Å². The zero-order chi connectivity index (χ0) is 19.8. The second-order valence-electron chi connectivity index (χ2n) is 6.12. The van der Waals surface area contributed by atoms with Crippen LogP contribution in [0.2, 0.25) is 0 Å². The molecule has 0 radical (unpaired) electrons. The van der Waals surface area contributed by atoms with Crippen molar-refractivity contribution in [3.8, 4) is 0 Å². The summed E-state index contributed by atoms with van der Waals surface area (Å²) in [6.45, 7) is 6.77. The molecule has 0 saturated carbocycles. The fourth-order valence-electron chi connectivity index (χ4n) is 2.00. The van der Waals surface area contributed by atoms with Gasteiger partial charge in [0.1, 0.15) is 0 Å². The van der Waals surface area contributed by atoms with E-state index in [0.29, 0.717) is 6.42 Å². The van der Waals surface area contributed by atoms with Crippen molar-refractivity contribution in [1.29, 1.82) is 0 Å². The summed E-state index contributed by atoms with van der Waals surface area (Å²) >= 11 is 1.24. The Bertz CT molecular complexity index is 421. The van der Waals surface area contributed by atoms with Gasteiger partial charge in [0.2, 0.25) is 17.7 Å². The van der Waals surface area contributed by atoms with E-state index in [1.807, 2.05) is 20.8 Å². The summed E-state index contributed by atoms with van der Waals surface area (Å²) in [7, 11) is 0. The van der Waals surface area contributed by atoms with Crippen molar-refractivity contribution < 1.29 is 23.9 Å². The van der Waals surface area contributed by atoms with Gasteiger partial charge in [0.25, 0.3) is 0 Å². The van der Waals surface area contributed by atoms with Crippen LogP contribution in [0.5, 0.6) is 0 Å². The molecule has 0 heterocycles. The Balaban J connectivity index is 4.15. The number of carbonyl (C=O) groups excluding carboxylic acids is 3. The van der Waals surface area contributed by atoms with Gasteiger partial charge in [0, 0.05) is 25.1 Å². The summed E-state index contributed by atoms with van der Waals surface area (Å²) in [6.07, 6.45) is 3.49.